The van der Waals surface area contributed by atoms with Gasteiger partial charge >= 0.3 is 12.0 Å². The molecule has 0 spiro atoms. The molecule has 2 heterocycles. The van der Waals surface area contributed by atoms with Crippen molar-refractivity contribution in [1.82, 2.24) is 10.3 Å². The molecular formula is C12H18N2O4. The van der Waals surface area contributed by atoms with Crippen LogP contribution in [0.3, 0.4) is 0 Å². The van der Waals surface area contributed by atoms with Crippen LogP contribution in [0, 0.1) is 0 Å². The van der Waals surface area contributed by atoms with E-state index in [4.69, 9.17) is 13.9 Å². The van der Waals surface area contributed by atoms with Crippen molar-refractivity contribution in [3.05, 3.63) is 12.0 Å². The van der Waals surface area contributed by atoms with Gasteiger partial charge in [0.2, 0.25) is 0 Å². The van der Waals surface area contributed by atoms with E-state index in [-0.39, 0.29) is 11.8 Å². The summed E-state index contributed by atoms with van der Waals surface area (Å²) in [6.07, 6.45) is 4.88. The monoisotopic (exact) mass is 254 g/mol. The second kappa shape index (κ2) is 6.39. The molecule has 18 heavy (non-hydrogen) atoms. The molecule has 0 saturated carbocycles. The molecule has 1 aliphatic heterocycles. The summed E-state index contributed by atoms with van der Waals surface area (Å²) in [5.74, 6) is -0.494. The Labute approximate surface area is 106 Å². The zero-order valence-electron chi connectivity index (χ0n) is 10.5. The minimum absolute atomic E-state index is 0.116. The van der Waals surface area contributed by atoms with Crippen molar-refractivity contribution in [1.29, 1.82) is 0 Å². The van der Waals surface area contributed by atoms with Gasteiger partial charge in [-0.25, -0.2) is 4.79 Å². The summed E-state index contributed by atoms with van der Waals surface area (Å²) in [4.78, 5) is 15.3. The van der Waals surface area contributed by atoms with Crippen molar-refractivity contribution in [2.45, 2.75) is 32.2 Å². The molecule has 0 aliphatic carbocycles. The van der Waals surface area contributed by atoms with Crippen LogP contribution >= 0.6 is 0 Å². The summed E-state index contributed by atoms with van der Waals surface area (Å²) in [6, 6.07) is 0.330. The predicted octanol–water partition coefficient (Wildman–Crippen LogP) is 1.37. The summed E-state index contributed by atoms with van der Waals surface area (Å²) in [6.45, 7) is 3.58. The maximum atomic E-state index is 11.4. The lowest BCUT2D eigenvalue weighted by Gasteiger charge is -2.22. The lowest BCUT2D eigenvalue weighted by Crippen LogP contribution is -2.38. The van der Waals surface area contributed by atoms with Crippen molar-refractivity contribution in [2.24, 2.45) is 0 Å². The first-order chi connectivity index (χ1) is 8.79. The summed E-state index contributed by atoms with van der Waals surface area (Å²) in [5, 5.41) is 3.35. The zero-order chi connectivity index (χ0) is 12.8. The molecule has 1 aromatic heterocycles. The summed E-state index contributed by atoms with van der Waals surface area (Å²) in [7, 11) is 0. The van der Waals surface area contributed by atoms with Gasteiger partial charge < -0.3 is 19.2 Å². The molecule has 6 nitrogen and oxygen atoms in total. The standard InChI is InChI=1S/C12H18N2O4/c1-2-16-11(15)10-8-18-12(14-10)17-7-9-5-3-4-6-13-9/h8-9,13H,2-7H2,1H3. The molecular weight excluding hydrogens is 236 g/mol. The van der Waals surface area contributed by atoms with Crippen LogP contribution in [0.4, 0.5) is 0 Å². The topological polar surface area (TPSA) is 73.6 Å². The van der Waals surface area contributed by atoms with E-state index < -0.39 is 5.97 Å². The number of nitrogens with one attached hydrogen (secondary N) is 1. The third-order valence-corrected chi connectivity index (χ3v) is 2.79. The summed E-state index contributed by atoms with van der Waals surface area (Å²) in [5.41, 5.74) is 0.142. The fourth-order valence-electron chi connectivity index (χ4n) is 1.86. The third-order valence-electron chi connectivity index (χ3n) is 2.79. The fraction of sp³-hybridized carbons (Fsp3) is 0.667. The van der Waals surface area contributed by atoms with E-state index in [1.54, 1.807) is 6.92 Å². The van der Waals surface area contributed by atoms with Crippen LogP contribution in [0.5, 0.6) is 6.08 Å². The highest BCUT2D eigenvalue weighted by Gasteiger charge is 2.17. The normalized spacial score (nSPS) is 19.5. The molecule has 0 radical (unpaired) electrons. The number of aromatic nitrogens is 1. The SMILES string of the molecule is CCOC(=O)c1coc(OCC2CCCCN2)n1. The molecule has 1 N–H and O–H groups in total. The van der Waals surface area contributed by atoms with Gasteiger partial charge in [-0.15, -0.1) is 0 Å². The number of esters is 1. The summed E-state index contributed by atoms with van der Waals surface area (Å²) < 4.78 is 15.3. The highest BCUT2D eigenvalue weighted by molar-refractivity contribution is 5.86. The third kappa shape index (κ3) is 3.46. The number of ether oxygens (including phenoxy) is 2. The number of rotatable bonds is 5. The highest BCUT2D eigenvalue weighted by Crippen LogP contribution is 2.13. The minimum atomic E-state index is -0.494. The molecule has 1 saturated heterocycles. The van der Waals surface area contributed by atoms with Crippen LogP contribution < -0.4 is 10.1 Å². The van der Waals surface area contributed by atoms with Crippen LogP contribution in [0.25, 0.3) is 0 Å². The number of nitrogens with zero attached hydrogens (tertiary/aromatic N) is 1. The lowest BCUT2D eigenvalue weighted by atomic mass is 10.1. The van der Waals surface area contributed by atoms with Gasteiger partial charge in [0, 0.05) is 6.04 Å². The molecule has 0 bridgehead atoms. The first-order valence-electron chi connectivity index (χ1n) is 6.28. The van der Waals surface area contributed by atoms with Crippen LogP contribution in [0.1, 0.15) is 36.7 Å². The maximum Gasteiger partial charge on any atom is 0.394 e. The van der Waals surface area contributed by atoms with Gasteiger partial charge in [-0.2, -0.15) is 4.98 Å². The van der Waals surface area contributed by atoms with Crippen molar-refractivity contribution in [3.63, 3.8) is 0 Å². The van der Waals surface area contributed by atoms with Gasteiger partial charge in [0.1, 0.15) is 12.9 Å². The van der Waals surface area contributed by atoms with Crippen LogP contribution in [0.15, 0.2) is 10.7 Å². The average molecular weight is 254 g/mol. The van der Waals surface area contributed by atoms with Gasteiger partial charge in [-0.05, 0) is 26.3 Å². The Balaban J connectivity index is 1.80. The average Bonchev–Trinajstić information content (AvgIpc) is 2.87. The van der Waals surface area contributed by atoms with E-state index in [1.807, 2.05) is 0 Å². The Bertz CT molecular complexity index is 385. The predicted molar refractivity (Wildman–Crippen MR) is 63.6 cm³/mol. The van der Waals surface area contributed by atoms with Crippen molar-refractivity contribution in [2.75, 3.05) is 19.8 Å². The Morgan fingerprint density at radius 3 is 3.22 bits per heavy atom. The number of oxazole rings is 1. The Morgan fingerprint density at radius 1 is 1.61 bits per heavy atom. The molecule has 0 amide bonds. The number of carbonyl (C=O) groups is 1. The van der Waals surface area contributed by atoms with Gasteiger partial charge in [-0.3, -0.25) is 0 Å². The van der Waals surface area contributed by atoms with Crippen LogP contribution in [0.2, 0.25) is 0 Å². The van der Waals surface area contributed by atoms with E-state index in [0.29, 0.717) is 19.3 Å². The molecule has 100 valence electrons. The molecule has 1 atom stereocenters. The molecule has 0 aromatic carbocycles. The molecule has 1 unspecified atom stereocenters. The van der Waals surface area contributed by atoms with E-state index in [2.05, 4.69) is 10.3 Å². The largest absolute Gasteiger partial charge is 0.461 e. The number of hydrogen-bond donors (Lipinski definition) is 1. The highest BCUT2D eigenvalue weighted by atomic mass is 16.6. The maximum absolute atomic E-state index is 11.4. The van der Waals surface area contributed by atoms with Gasteiger partial charge in [0.15, 0.2) is 5.69 Å². The summed E-state index contributed by atoms with van der Waals surface area (Å²) >= 11 is 0. The van der Waals surface area contributed by atoms with Crippen molar-refractivity contribution in [3.8, 4) is 6.08 Å². The first kappa shape index (κ1) is 12.9. The van der Waals surface area contributed by atoms with Crippen LogP contribution in [-0.4, -0.2) is 36.8 Å². The Hall–Kier alpha value is -1.56. The lowest BCUT2D eigenvalue weighted by molar-refractivity contribution is 0.0519. The van der Waals surface area contributed by atoms with Gasteiger partial charge in [0.25, 0.3) is 0 Å². The van der Waals surface area contributed by atoms with E-state index in [1.165, 1.54) is 19.1 Å². The van der Waals surface area contributed by atoms with Crippen LogP contribution in [-0.2, 0) is 4.74 Å². The fourth-order valence-corrected chi connectivity index (χ4v) is 1.86. The smallest absolute Gasteiger partial charge is 0.394 e. The van der Waals surface area contributed by atoms with E-state index >= 15 is 0 Å². The second-order valence-corrected chi connectivity index (χ2v) is 4.18. The Kier molecular flexibility index (Phi) is 4.58. The molecule has 2 rings (SSSR count). The van der Waals surface area contributed by atoms with Crippen molar-refractivity contribution >= 4 is 5.97 Å². The van der Waals surface area contributed by atoms with E-state index in [9.17, 15) is 4.79 Å². The zero-order valence-corrected chi connectivity index (χ0v) is 10.5. The second-order valence-electron chi connectivity index (χ2n) is 4.18. The Morgan fingerprint density at radius 2 is 2.50 bits per heavy atom. The van der Waals surface area contributed by atoms with E-state index in [0.717, 1.165) is 13.0 Å². The van der Waals surface area contributed by atoms with Gasteiger partial charge in [0.05, 0.1) is 6.61 Å². The molecule has 1 aliphatic rings. The van der Waals surface area contributed by atoms with Crippen molar-refractivity contribution < 1.29 is 18.7 Å². The molecule has 1 aromatic rings. The quantitative estimate of drug-likeness (QED) is 0.800. The number of piperidine rings is 1. The number of carbonyl (C=O) groups excluding carboxylic acids is 1. The number of hydrogen-bond acceptors (Lipinski definition) is 6. The molecule has 6 heteroatoms. The molecule has 1 fully saturated rings. The van der Waals surface area contributed by atoms with Gasteiger partial charge in [-0.1, -0.05) is 6.42 Å². The first-order valence-corrected chi connectivity index (χ1v) is 6.28. The minimum Gasteiger partial charge on any atom is -0.461 e.